The van der Waals surface area contributed by atoms with Crippen LogP contribution in [0, 0.1) is 19.7 Å². The Kier molecular flexibility index (Phi) is 10.1. The lowest BCUT2D eigenvalue weighted by Gasteiger charge is -2.33. The molecule has 0 fully saturated rings. The molecule has 0 aliphatic heterocycles. The molecule has 0 unspecified atom stereocenters. The van der Waals surface area contributed by atoms with Crippen LogP contribution < -0.4 is 9.62 Å². The van der Waals surface area contributed by atoms with Crippen molar-refractivity contribution in [2.45, 2.75) is 51.6 Å². The van der Waals surface area contributed by atoms with Crippen LogP contribution in [0.3, 0.4) is 0 Å². The molecule has 0 aliphatic rings. The Morgan fingerprint density at radius 2 is 1.62 bits per heavy atom. The van der Waals surface area contributed by atoms with Crippen LogP contribution in [0.4, 0.5) is 10.1 Å². The molecular formula is C29H33ClFN3O4S. The first-order valence-corrected chi connectivity index (χ1v) is 14.5. The number of likely N-dealkylation sites (N-methyl/N-ethyl adjacent to an activating group) is 1. The van der Waals surface area contributed by atoms with Crippen molar-refractivity contribution < 1.29 is 22.4 Å². The van der Waals surface area contributed by atoms with Gasteiger partial charge in [0.2, 0.25) is 11.8 Å². The third-order valence-corrected chi connectivity index (χ3v) is 8.33. The quantitative estimate of drug-likeness (QED) is 0.340. The molecule has 0 aliphatic carbocycles. The summed E-state index contributed by atoms with van der Waals surface area (Å²) in [5.74, 6) is -1.37. The van der Waals surface area contributed by atoms with Crippen molar-refractivity contribution in [1.82, 2.24) is 10.2 Å². The van der Waals surface area contributed by atoms with Crippen molar-refractivity contribution in [2.75, 3.05) is 17.4 Å². The molecule has 39 heavy (non-hydrogen) atoms. The third-order valence-electron chi connectivity index (χ3n) is 6.32. The van der Waals surface area contributed by atoms with Gasteiger partial charge in [-0.2, -0.15) is 0 Å². The Morgan fingerprint density at radius 1 is 0.974 bits per heavy atom. The van der Waals surface area contributed by atoms with Gasteiger partial charge in [-0.05, 0) is 80.8 Å². The summed E-state index contributed by atoms with van der Waals surface area (Å²) >= 11 is 6.14. The fourth-order valence-electron chi connectivity index (χ4n) is 4.25. The number of amides is 2. The van der Waals surface area contributed by atoms with Gasteiger partial charge in [-0.3, -0.25) is 13.9 Å². The highest BCUT2D eigenvalue weighted by Gasteiger charge is 2.34. The van der Waals surface area contributed by atoms with Crippen molar-refractivity contribution in [3.63, 3.8) is 0 Å². The zero-order chi connectivity index (χ0) is 28.7. The molecular weight excluding hydrogens is 541 g/mol. The van der Waals surface area contributed by atoms with Crippen molar-refractivity contribution >= 4 is 39.1 Å². The van der Waals surface area contributed by atoms with Gasteiger partial charge < -0.3 is 10.2 Å². The number of carbonyl (C=O) groups is 2. The molecule has 1 N–H and O–H groups in total. The van der Waals surface area contributed by atoms with Gasteiger partial charge in [0, 0.05) is 18.1 Å². The molecule has 7 nitrogen and oxygen atoms in total. The Hall–Kier alpha value is -3.43. The molecule has 10 heteroatoms. The minimum Gasteiger partial charge on any atom is -0.355 e. The average molecular weight is 574 g/mol. The van der Waals surface area contributed by atoms with Crippen molar-refractivity contribution in [3.05, 3.63) is 94.3 Å². The highest BCUT2D eigenvalue weighted by Crippen LogP contribution is 2.29. The van der Waals surface area contributed by atoms with E-state index in [2.05, 4.69) is 5.32 Å². The van der Waals surface area contributed by atoms with Crippen LogP contribution in [-0.4, -0.2) is 44.3 Å². The molecule has 0 bridgehead atoms. The van der Waals surface area contributed by atoms with Gasteiger partial charge in [0.15, 0.2) is 0 Å². The topological polar surface area (TPSA) is 86.8 Å². The number of hydrogen-bond donors (Lipinski definition) is 1. The van der Waals surface area contributed by atoms with Crippen LogP contribution >= 0.6 is 11.6 Å². The number of anilines is 1. The molecule has 0 saturated heterocycles. The number of nitrogens with zero attached hydrogens (tertiary/aromatic N) is 2. The summed E-state index contributed by atoms with van der Waals surface area (Å²) in [5, 5.41) is 3.18. The second kappa shape index (κ2) is 13.1. The lowest BCUT2D eigenvalue weighted by atomic mass is 10.1. The van der Waals surface area contributed by atoms with Crippen LogP contribution in [0.15, 0.2) is 71.6 Å². The zero-order valence-corrected chi connectivity index (χ0v) is 24.0. The molecule has 3 aromatic rings. The number of sulfonamides is 1. The van der Waals surface area contributed by atoms with Gasteiger partial charge >= 0.3 is 0 Å². The number of rotatable bonds is 11. The van der Waals surface area contributed by atoms with E-state index in [0.29, 0.717) is 34.8 Å². The van der Waals surface area contributed by atoms with E-state index in [4.69, 9.17) is 11.6 Å². The highest BCUT2D eigenvalue weighted by molar-refractivity contribution is 7.92. The van der Waals surface area contributed by atoms with Crippen LogP contribution in [0.1, 0.15) is 37.0 Å². The van der Waals surface area contributed by atoms with Gasteiger partial charge in [0.05, 0.1) is 10.6 Å². The maximum Gasteiger partial charge on any atom is 0.264 e. The first-order chi connectivity index (χ1) is 18.5. The molecule has 0 radical (unpaired) electrons. The van der Waals surface area contributed by atoms with E-state index in [-0.39, 0.29) is 17.3 Å². The summed E-state index contributed by atoms with van der Waals surface area (Å²) < 4.78 is 42.4. The molecule has 208 valence electrons. The molecule has 3 rings (SSSR count). The first-order valence-electron chi connectivity index (χ1n) is 12.6. The molecule has 0 heterocycles. The van der Waals surface area contributed by atoms with E-state index in [9.17, 15) is 22.4 Å². The summed E-state index contributed by atoms with van der Waals surface area (Å²) in [6, 6.07) is 15.8. The molecule has 1 atom stereocenters. The van der Waals surface area contributed by atoms with Gasteiger partial charge in [-0.25, -0.2) is 12.8 Å². The van der Waals surface area contributed by atoms with Gasteiger partial charge in [-0.1, -0.05) is 48.4 Å². The van der Waals surface area contributed by atoms with E-state index >= 15 is 0 Å². The normalized spacial score (nSPS) is 12.1. The van der Waals surface area contributed by atoms with Gasteiger partial charge in [-0.15, -0.1) is 0 Å². The lowest BCUT2D eigenvalue weighted by molar-refractivity contribution is -0.140. The first kappa shape index (κ1) is 30.1. The smallest absolute Gasteiger partial charge is 0.264 e. The number of halogens is 2. The number of nitrogens with one attached hydrogen (secondary N) is 1. The standard InChI is InChI=1S/C29H33ClFN3O4S/c1-5-26(29(36)32-6-2)33(18-22-9-12-24(31)13-10-22)28(35)19-34(27-16-11-23(30)17-21(27)4)39(37,38)25-14-7-20(3)8-15-25/h7-17,26H,5-6,18-19H2,1-4H3,(H,32,36)/t26-/m0/s1. The van der Waals surface area contributed by atoms with E-state index < -0.39 is 34.3 Å². The Morgan fingerprint density at radius 3 is 2.18 bits per heavy atom. The molecule has 3 aromatic carbocycles. The largest absolute Gasteiger partial charge is 0.355 e. The molecule has 0 saturated carbocycles. The van der Waals surface area contributed by atoms with Gasteiger partial charge in [0.1, 0.15) is 18.4 Å². The summed E-state index contributed by atoms with van der Waals surface area (Å²) in [4.78, 5) is 28.3. The summed E-state index contributed by atoms with van der Waals surface area (Å²) in [6.45, 7) is 6.91. The predicted molar refractivity (Wildman–Crippen MR) is 152 cm³/mol. The van der Waals surface area contributed by atoms with Gasteiger partial charge in [0.25, 0.3) is 10.0 Å². The number of benzene rings is 3. The predicted octanol–water partition coefficient (Wildman–Crippen LogP) is 5.23. The Labute approximate surface area is 234 Å². The van der Waals surface area contributed by atoms with Crippen molar-refractivity contribution in [1.29, 1.82) is 0 Å². The summed E-state index contributed by atoms with van der Waals surface area (Å²) in [5.41, 5.74) is 2.34. The fraction of sp³-hybridized carbons (Fsp3) is 0.310. The van der Waals surface area contributed by atoms with E-state index in [1.807, 2.05) is 6.92 Å². The highest BCUT2D eigenvalue weighted by atomic mass is 35.5. The van der Waals surface area contributed by atoms with E-state index in [1.54, 1.807) is 51.1 Å². The maximum atomic E-state index is 14.0. The average Bonchev–Trinajstić information content (AvgIpc) is 2.89. The Bertz CT molecular complexity index is 1410. The second-order valence-electron chi connectivity index (χ2n) is 9.22. The second-order valence-corrected chi connectivity index (χ2v) is 11.5. The Balaban J connectivity index is 2.09. The minimum atomic E-state index is -4.18. The number of carbonyl (C=O) groups excluding carboxylic acids is 2. The molecule has 0 aromatic heterocycles. The summed E-state index contributed by atoms with van der Waals surface area (Å²) in [7, 11) is -4.18. The SMILES string of the molecule is CCNC(=O)[C@H](CC)N(Cc1ccc(F)cc1)C(=O)CN(c1ccc(Cl)cc1C)S(=O)(=O)c1ccc(C)cc1. The number of aryl methyl sites for hydroxylation is 2. The molecule has 2 amide bonds. The fourth-order valence-corrected chi connectivity index (χ4v) is 5.95. The van der Waals surface area contributed by atoms with E-state index in [1.165, 1.54) is 41.3 Å². The third kappa shape index (κ3) is 7.36. The van der Waals surface area contributed by atoms with Crippen LogP contribution in [0.2, 0.25) is 5.02 Å². The van der Waals surface area contributed by atoms with Crippen LogP contribution in [0.25, 0.3) is 0 Å². The summed E-state index contributed by atoms with van der Waals surface area (Å²) in [6.07, 6.45) is 0.295. The van der Waals surface area contributed by atoms with Crippen molar-refractivity contribution in [2.24, 2.45) is 0 Å². The minimum absolute atomic E-state index is 0.00717. The lowest BCUT2D eigenvalue weighted by Crippen LogP contribution is -2.52. The maximum absolute atomic E-state index is 14.0. The zero-order valence-electron chi connectivity index (χ0n) is 22.4. The van der Waals surface area contributed by atoms with E-state index in [0.717, 1.165) is 9.87 Å². The van der Waals surface area contributed by atoms with Crippen molar-refractivity contribution in [3.8, 4) is 0 Å². The number of hydrogen-bond acceptors (Lipinski definition) is 4. The van der Waals surface area contributed by atoms with Crippen LogP contribution in [0.5, 0.6) is 0 Å². The monoisotopic (exact) mass is 573 g/mol. The van der Waals surface area contributed by atoms with Crippen LogP contribution in [-0.2, 0) is 26.2 Å². The molecule has 0 spiro atoms.